The summed E-state index contributed by atoms with van der Waals surface area (Å²) in [6, 6.07) is 19.5. The Morgan fingerprint density at radius 1 is 0.958 bits per heavy atom. The molecule has 3 atom stereocenters. The van der Waals surface area contributed by atoms with Gasteiger partial charge in [-0.05, 0) is 36.6 Å². The Hall–Kier alpha value is -1.29. The molecule has 24 heavy (non-hydrogen) atoms. The molecule has 3 unspecified atom stereocenters. The quantitative estimate of drug-likeness (QED) is 0.872. The third kappa shape index (κ3) is 3.01. The van der Waals surface area contributed by atoms with Crippen LogP contribution in [0.25, 0.3) is 11.1 Å². The molecule has 126 valence electrons. The van der Waals surface area contributed by atoms with Crippen molar-refractivity contribution in [3.8, 4) is 11.1 Å². The third-order valence-corrected chi connectivity index (χ3v) is 7.09. The van der Waals surface area contributed by atoms with E-state index >= 15 is 0 Å². The fourth-order valence-corrected chi connectivity index (χ4v) is 6.01. The van der Waals surface area contributed by atoms with Crippen molar-refractivity contribution in [2.24, 2.45) is 0 Å². The second-order valence-electron chi connectivity index (χ2n) is 7.15. The van der Waals surface area contributed by atoms with Gasteiger partial charge < -0.3 is 5.11 Å². The van der Waals surface area contributed by atoms with Crippen LogP contribution in [0.15, 0.2) is 54.6 Å². The molecule has 2 aliphatic rings. The van der Waals surface area contributed by atoms with Gasteiger partial charge in [-0.3, -0.25) is 4.90 Å². The summed E-state index contributed by atoms with van der Waals surface area (Å²) >= 11 is 1.79. The molecule has 0 aromatic heterocycles. The normalized spacial score (nSPS) is 30.8. The van der Waals surface area contributed by atoms with Crippen LogP contribution in [0, 0.1) is 0 Å². The van der Waals surface area contributed by atoms with Crippen LogP contribution in [0.1, 0.15) is 31.2 Å². The maximum Gasteiger partial charge on any atom is 0.149 e. The molecule has 1 aliphatic carbocycles. The van der Waals surface area contributed by atoms with E-state index in [1.54, 1.807) is 11.8 Å². The molecule has 1 saturated heterocycles. The molecule has 1 N–H and O–H groups in total. The Morgan fingerprint density at radius 2 is 1.62 bits per heavy atom. The molecule has 2 aromatic carbocycles. The van der Waals surface area contributed by atoms with Crippen LogP contribution in [0.2, 0.25) is 0 Å². The van der Waals surface area contributed by atoms with Crippen molar-refractivity contribution in [3.63, 3.8) is 0 Å². The van der Waals surface area contributed by atoms with Gasteiger partial charge in [0.15, 0.2) is 0 Å². The lowest BCUT2D eigenvalue weighted by molar-refractivity contribution is 0.0504. The maximum atomic E-state index is 11.3. The molecular weight excluding hydrogens is 314 g/mol. The number of hydrogen-bond donors (Lipinski definition) is 1. The number of hydrogen-bond acceptors (Lipinski definition) is 3. The topological polar surface area (TPSA) is 23.5 Å². The molecule has 0 spiro atoms. The standard InChI is InChI=1S/C21H25NOS/c1-22-15-21(23,24-20-10-6-5-9-19(20)22)18-13-11-17(12-14-18)16-7-3-2-4-8-16/h2-4,7-8,11-14,19-20,23H,5-6,9-10,15H2,1H3. The SMILES string of the molecule is CN1CC(O)(c2ccc(-c3ccccc3)cc2)SC2CCCCC21. The Balaban J connectivity index is 1.58. The van der Waals surface area contributed by atoms with Gasteiger partial charge in [-0.1, -0.05) is 67.4 Å². The van der Waals surface area contributed by atoms with Crippen LogP contribution in [0.5, 0.6) is 0 Å². The van der Waals surface area contributed by atoms with Crippen molar-refractivity contribution in [2.75, 3.05) is 13.6 Å². The highest BCUT2D eigenvalue weighted by atomic mass is 32.2. The van der Waals surface area contributed by atoms with Crippen LogP contribution >= 0.6 is 11.8 Å². The lowest BCUT2D eigenvalue weighted by atomic mass is 9.92. The summed E-state index contributed by atoms with van der Waals surface area (Å²) in [5.74, 6) is 0. The van der Waals surface area contributed by atoms with E-state index in [2.05, 4.69) is 60.5 Å². The minimum atomic E-state index is -0.789. The van der Waals surface area contributed by atoms with Gasteiger partial charge in [-0.25, -0.2) is 0 Å². The second kappa shape index (κ2) is 6.55. The van der Waals surface area contributed by atoms with Gasteiger partial charge in [0.25, 0.3) is 0 Å². The molecule has 2 fully saturated rings. The largest absolute Gasteiger partial charge is 0.374 e. The number of β-amino-alcohol motifs (C(OH)–C–C–N with tert-alkyl or cyclic N) is 1. The van der Waals surface area contributed by atoms with E-state index in [0.29, 0.717) is 17.8 Å². The third-order valence-electron chi connectivity index (χ3n) is 5.49. The smallest absolute Gasteiger partial charge is 0.149 e. The zero-order chi connectivity index (χ0) is 16.6. The number of likely N-dealkylation sites (N-methyl/N-ethyl adjacent to an activating group) is 1. The Morgan fingerprint density at radius 3 is 2.38 bits per heavy atom. The molecule has 3 heteroatoms. The highest BCUT2D eigenvalue weighted by molar-refractivity contribution is 8.00. The van der Waals surface area contributed by atoms with Crippen molar-refractivity contribution >= 4 is 11.8 Å². The molecule has 0 amide bonds. The number of aliphatic hydroxyl groups is 1. The minimum Gasteiger partial charge on any atom is -0.374 e. The lowest BCUT2D eigenvalue weighted by Crippen LogP contribution is -2.53. The Kier molecular flexibility index (Phi) is 4.42. The van der Waals surface area contributed by atoms with Crippen LogP contribution in [0.3, 0.4) is 0 Å². The monoisotopic (exact) mass is 339 g/mol. The average Bonchev–Trinajstić information content (AvgIpc) is 2.62. The fourth-order valence-electron chi connectivity index (χ4n) is 4.18. The number of nitrogens with zero attached hydrogens (tertiary/aromatic N) is 1. The van der Waals surface area contributed by atoms with Gasteiger partial charge in [0, 0.05) is 17.8 Å². The number of rotatable bonds is 2. The first kappa shape index (κ1) is 16.2. The van der Waals surface area contributed by atoms with Gasteiger partial charge >= 0.3 is 0 Å². The number of benzene rings is 2. The minimum absolute atomic E-state index is 0.552. The summed E-state index contributed by atoms with van der Waals surface area (Å²) in [6.07, 6.45) is 5.13. The summed E-state index contributed by atoms with van der Waals surface area (Å²) < 4.78 is 0. The molecule has 0 radical (unpaired) electrons. The first-order valence-corrected chi connectivity index (χ1v) is 9.80. The van der Waals surface area contributed by atoms with E-state index in [-0.39, 0.29) is 0 Å². The Bertz CT molecular complexity index is 687. The maximum absolute atomic E-state index is 11.3. The zero-order valence-electron chi connectivity index (χ0n) is 14.2. The summed E-state index contributed by atoms with van der Waals surface area (Å²) in [5.41, 5.74) is 3.45. The van der Waals surface area contributed by atoms with Gasteiger partial charge in [0.2, 0.25) is 0 Å². The molecule has 2 aromatic rings. The molecule has 4 rings (SSSR count). The van der Waals surface area contributed by atoms with Gasteiger partial charge in [0.1, 0.15) is 4.93 Å². The van der Waals surface area contributed by atoms with E-state index in [1.165, 1.54) is 36.8 Å². The molecule has 0 bridgehead atoms. The molecular formula is C21H25NOS. The van der Waals surface area contributed by atoms with E-state index in [9.17, 15) is 5.11 Å². The molecule has 1 saturated carbocycles. The van der Waals surface area contributed by atoms with E-state index in [0.717, 1.165) is 5.56 Å². The lowest BCUT2D eigenvalue weighted by Gasteiger charge is -2.49. The van der Waals surface area contributed by atoms with Crippen LogP contribution < -0.4 is 0 Å². The second-order valence-corrected chi connectivity index (χ2v) is 8.67. The van der Waals surface area contributed by atoms with Crippen molar-refractivity contribution in [3.05, 3.63) is 60.2 Å². The summed E-state index contributed by atoms with van der Waals surface area (Å²) in [7, 11) is 2.17. The summed E-state index contributed by atoms with van der Waals surface area (Å²) in [4.78, 5) is 1.59. The van der Waals surface area contributed by atoms with Gasteiger partial charge in [-0.15, -0.1) is 11.8 Å². The molecule has 2 nitrogen and oxygen atoms in total. The van der Waals surface area contributed by atoms with Gasteiger partial charge in [0.05, 0.1) is 0 Å². The van der Waals surface area contributed by atoms with Crippen LogP contribution in [-0.4, -0.2) is 34.9 Å². The van der Waals surface area contributed by atoms with Crippen molar-refractivity contribution < 1.29 is 5.11 Å². The number of fused-ring (bicyclic) bond motifs is 1. The highest BCUT2D eigenvalue weighted by Gasteiger charge is 2.44. The van der Waals surface area contributed by atoms with E-state index < -0.39 is 4.93 Å². The highest BCUT2D eigenvalue weighted by Crippen LogP contribution is 2.47. The van der Waals surface area contributed by atoms with Crippen molar-refractivity contribution in [1.82, 2.24) is 4.90 Å². The fraction of sp³-hybridized carbons (Fsp3) is 0.429. The Labute approximate surface area is 148 Å². The first-order valence-electron chi connectivity index (χ1n) is 8.92. The number of thioether (sulfide) groups is 1. The van der Waals surface area contributed by atoms with Crippen molar-refractivity contribution in [1.29, 1.82) is 0 Å². The molecule has 1 aliphatic heterocycles. The van der Waals surface area contributed by atoms with E-state index in [4.69, 9.17) is 0 Å². The summed E-state index contributed by atoms with van der Waals surface area (Å²) in [5, 5.41) is 11.9. The predicted molar refractivity (Wildman–Crippen MR) is 102 cm³/mol. The molecule has 1 heterocycles. The average molecular weight is 340 g/mol. The van der Waals surface area contributed by atoms with Crippen LogP contribution in [0.4, 0.5) is 0 Å². The van der Waals surface area contributed by atoms with Crippen molar-refractivity contribution in [2.45, 2.75) is 41.9 Å². The van der Waals surface area contributed by atoms with E-state index in [1.807, 2.05) is 6.07 Å². The van der Waals surface area contributed by atoms with Gasteiger partial charge in [-0.2, -0.15) is 0 Å². The zero-order valence-corrected chi connectivity index (χ0v) is 15.0. The predicted octanol–water partition coefficient (Wildman–Crippen LogP) is 4.49. The first-order chi connectivity index (χ1) is 11.7. The van der Waals surface area contributed by atoms with Crippen LogP contribution in [-0.2, 0) is 4.93 Å². The summed E-state index contributed by atoms with van der Waals surface area (Å²) in [6.45, 7) is 0.712.